The zero-order chi connectivity index (χ0) is 20.2. The van der Waals surface area contributed by atoms with Gasteiger partial charge in [0.15, 0.2) is 0 Å². The fourth-order valence-corrected chi connectivity index (χ4v) is 3.85. The number of piperazine rings is 1. The molecule has 0 saturated carbocycles. The van der Waals surface area contributed by atoms with Gasteiger partial charge in [-0.15, -0.1) is 0 Å². The van der Waals surface area contributed by atoms with Crippen molar-refractivity contribution in [3.05, 3.63) is 72.4 Å². The van der Waals surface area contributed by atoms with Crippen molar-refractivity contribution in [1.29, 1.82) is 0 Å². The lowest BCUT2D eigenvalue weighted by Crippen LogP contribution is -2.52. The van der Waals surface area contributed by atoms with Crippen molar-refractivity contribution in [3.8, 4) is 5.75 Å². The van der Waals surface area contributed by atoms with Gasteiger partial charge in [-0.1, -0.05) is 36.4 Å². The summed E-state index contributed by atoms with van der Waals surface area (Å²) in [6.45, 7) is 3.99. The van der Waals surface area contributed by atoms with Crippen LogP contribution in [0.25, 0.3) is 0 Å². The van der Waals surface area contributed by atoms with Gasteiger partial charge in [0.05, 0.1) is 13.2 Å². The summed E-state index contributed by atoms with van der Waals surface area (Å²) in [5.74, 6) is 2.43. The summed E-state index contributed by atoms with van der Waals surface area (Å²) >= 11 is 0. The van der Waals surface area contributed by atoms with E-state index in [0.717, 1.165) is 36.3 Å². The maximum absolute atomic E-state index is 5.35. The smallest absolute Gasteiger partial charge is 0.227 e. The minimum Gasteiger partial charge on any atom is -0.497 e. The summed E-state index contributed by atoms with van der Waals surface area (Å²) < 4.78 is 5.35. The Labute approximate surface area is 172 Å². The molecule has 1 aliphatic rings. The van der Waals surface area contributed by atoms with Crippen LogP contribution in [0.1, 0.15) is 18.5 Å². The molecule has 0 unspecified atom stereocenters. The van der Waals surface area contributed by atoms with E-state index in [0.29, 0.717) is 0 Å². The van der Waals surface area contributed by atoms with Gasteiger partial charge >= 0.3 is 0 Å². The molecule has 1 aromatic heterocycles. The highest BCUT2D eigenvalue weighted by Crippen LogP contribution is 2.29. The molecule has 0 radical (unpaired) electrons. The average Bonchev–Trinajstić information content (AvgIpc) is 2.79. The lowest BCUT2D eigenvalue weighted by atomic mass is 9.97. The molecular formula is C23H27N5O. The van der Waals surface area contributed by atoms with Gasteiger partial charge in [0.2, 0.25) is 5.95 Å². The number of anilines is 3. The minimum absolute atomic E-state index is 0.239. The van der Waals surface area contributed by atoms with E-state index in [9.17, 15) is 0 Å². The maximum atomic E-state index is 5.35. The van der Waals surface area contributed by atoms with E-state index in [4.69, 9.17) is 9.72 Å². The molecule has 4 rings (SSSR count). The first-order valence-electron chi connectivity index (χ1n) is 9.93. The molecule has 6 heteroatoms. The van der Waals surface area contributed by atoms with Crippen LogP contribution in [0.4, 0.5) is 17.5 Å². The molecule has 0 spiro atoms. The SMILES string of the molecule is COc1cccc(N(C)c2ccnc(N3CCN[C@H](c4ccccc4)[C@@H]3C)n2)c1. The monoisotopic (exact) mass is 389 g/mol. The molecule has 0 amide bonds. The van der Waals surface area contributed by atoms with Crippen LogP contribution in [-0.2, 0) is 0 Å². The number of nitrogens with one attached hydrogen (secondary N) is 1. The zero-order valence-corrected chi connectivity index (χ0v) is 17.1. The Morgan fingerprint density at radius 3 is 2.72 bits per heavy atom. The van der Waals surface area contributed by atoms with E-state index in [2.05, 4.69) is 57.4 Å². The molecule has 2 atom stereocenters. The van der Waals surface area contributed by atoms with Crippen LogP contribution < -0.4 is 19.9 Å². The van der Waals surface area contributed by atoms with Gasteiger partial charge in [0.25, 0.3) is 0 Å². The number of aromatic nitrogens is 2. The number of methoxy groups -OCH3 is 1. The standard InChI is InChI=1S/C23H27N5O/c1-17-22(18-8-5-4-6-9-18)24-14-15-28(17)23-25-13-12-21(26-23)27(2)19-10-7-11-20(16-19)29-3/h4-13,16-17,22,24H,14-15H2,1-3H3/t17-,22-/m0/s1. The van der Waals surface area contributed by atoms with E-state index < -0.39 is 0 Å². The largest absolute Gasteiger partial charge is 0.497 e. The van der Waals surface area contributed by atoms with Crippen LogP contribution >= 0.6 is 0 Å². The quantitative estimate of drug-likeness (QED) is 0.717. The highest BCUT2D eigenvalue weighted by atomic mass is 16.5. The van der Waals surface area contributed by atoms with Crippen molar-refractivity contribution in [3.63, 3.8) is 0 Å². The van der Waals surface area contributed by atoms with Crippen LogP contribution in [0.5, 0.6) is 5.75 Å². The normalized spacial score (nSPS) is 19.1. The molecule has 1 fully saturated rings. The molecule has 2 aromatic carbocycles. The second-order valence-electron chi connectivity index (χ2n) is 7.25. The highest BCUT2D eigenvalue weighted by molar-refractivity contribution is 5.61. The van der Waals surface area contributed by atoms with Gasteiger partial charge in [0.1, 0.15) is 11.6 Å². The maximum Gasteiger partial charge on any atom is 0.227 e. The van der Waals surface area contributed by atoms with Crippen LogP contribution in [-0.4, -0.2) is 43.3 Å². The summed E-state index contributed by atoms with van der Waals surface area (Å²) in [5.41, 5.74) is 2.30. The van der Waals surface area contributed by atoms with Crippen LogP contribution in [0.15, 0.2) is 66.9 Å². The molecule has 1 N–H and O–H groups in total. The molecule has 1 aliphatic heterocycles. The third-order valence-corrected chi connectivity index (χ3v) is 5.52. The second kappa shape index (κ2) is 8.49. The van der Waals surface area contributed by atoms with Crippen molar-refractivity contribution in [2.75, 3.05) is 37.0 Å². The summed E-state index contributed by atoms with van der Waals surface area (Å²) in [4.78, 5) is 13.8. The molecule has 0 bridgehead atoms. The molecule has 1 saturated heterocycles. The Morgan fingerprint density at radius 2 is 1.93 bits per heavy atom. The van der Waals surface area contributed by atoms with Crippen molar-refractivity contribution in [2.24, 2.45) is 0 Å². The molecule has 0 aliphatic carbocycles. The number of hydrogen-bond acceptors (Lipinski definition) is 6. The molecular weight excluding hydrogens is 362 g/mol. The Morgan fingerprint density at radius 1 is 1.10 bits per heavy atom. The van der Waals surface area contributed by atoms with Gasteiger partial charge in [-0.2, -0.15) is 4.98 Å². The fourth-order valence-electron chi connectivity index (χ4n) is 3.85. The first-order chi connectivity index (χ1) is 14.2. The molecule has 2 heterocycles. The third-order valence-electron chi connectivity index (χ3n) is 5.52. The lowest BCUT2D eigenvalue weighted by Gasteiger charge is -2.40. The number of ether oxygens (including phenoxy) is 1. The second-order valence-corrected chi connectivity index (χ2v) is 7.25. The Bertz CT molecular complexity index is 949. The van der Waals surface area contributed by atoms with Gasteiger partial charge < -0.3 is 19.9 Å². The number of benzene rings is 2. The van der Waals surface area contributed by atoms with Gasteiger partial charge in [0, 0.05) is 44.1 Å². The topological polar surface area (TPSA) is 53.5 Å². The molecule has 29 heavy (non-hydrogen) atoms. The number of nitrogens with zero attached hydrogens (tertiary/aromatic N) is 4. The van der Waals surface area contributed by atoms with Crippen LogP contribution in [0.3, 0.4) is 0 Å². The first kappa shape index (κ1) is 19.2. The predicted molar refractivity (Wildman–Crippen MR) is 117 cm³/mol. The summed E-state index contributed by atoms with van der Waals surface area (Å²) in [7, 11) is 3.69. The first-order valence-corrected chi connectivity index (χ1v) is 9.93. The van der Waals surface area contributed by atoms with Crippen LogP contribution in [0.2, 0.25) is 0 Å². The van der Waals surface area contributed by atoms with E-state index in [1.807, 2.05) is 43.6 Å². The zero-order valence-electron chi connectivity index (χ0n) is 17.1. The van der Waals surface area contributed by atoms with Gasteiger partial charge in [-0.05, 0) is 30.7 Å². The Hall–Kier alpha value is -3.12. The molecule has 6 nitrogen and oxygen atoms in total. The fraction of sp³-hybridized carbons (Fsp3) is 0.304. The summed E-state index contributed by atoms with van der Waals surface area (Å²) in [5, 5.41) is 3.64. The van der Waals surface area contributed by atoms with E-state index >= 15 is 0 Å². The predicted octanol–water partition coefficient (Wildman–Crippen LogP) is 3.79. The van der Waals surface area contributed by atoms with Gasteiger partial charge in [-0.25, -0.2) is 4.98 Å². The lowest BCUT2D eigenvalue weighted by molar-refractivity contribution is 0.386. The Balaban J connectivity index is 1.59. The minimum atomic E-state index is 0.239. The third kappa shape index (κ3) is 4.03. The number of rotatable bonds is 5. The van der Waals surface area contributed by atoms with Crippen molar-refractivity contribution in [1.82, 2.24) is 15.3 Å². The van der Waals surface area contributed by atoms with Crippen molar-refractivity contribution < 1.29 is 4.74 Å². The van der Waals surface area contributed by atoms with Crippen molar-refractivity contribution in [2.45, 2.75) is 19.0 Å². The summed E-state index contributed by atoms with van der Waals surface area (Å²) in [6.07, 6.45) is 1.83. The van der Waals surface area contributed by atoms with Crippen molar-refractivity contribution >= 4 is 17.5 Å². The average molecular weight is 390 g/mol. The Kier molecular flexibility index (Phi) is 5.62. The number of hydrogen-bond donors (Lipinski definition) is 1. The van der Waals surface area contributed by atoms with E-state index in [1.54, 1.807) is 7.11 Å². The van der Waals surface area contributed by atoms with Gasteiger partial charge in [-0.3, -0.25) is 0 Å². The highest BCUT2D eigenvalue weighted by Gasteiger charge is 2.30. The van der Waals surface area contributed by atoms with E-state index in [-0.39, 0.29) is 12.1 Å². The van der Waals surface area contributed by atoms with Crippen LogP contribution in [0, 0.1) is 0 Å². The summed E-state index contributed by atoms with van der Waals surface area (Å²) in [6, 6.07) is 21.0. The molecule has 3 aromatic rings. The molecule has 150 valence electrons. The van der Waals surface area contributed by atoms with E-state index in [1.165, 1.54) is 5.56 Å².